The van der Waals surface area contributed by atoms with E-state index in [0.717, 1.165) is 16.0 Å². The number of aryl methyl sites for hydroxylation is 2. The van der Waals surface area contributed by atoms with Crippen LogP contribution in [-0.2, 0) is 9.59 Å². The predicted octanol–water partition coefficient (Wildman–Crippen LogP) is 2.69. The molecule has 0 aliphatic carbocycles. The average Bonchev–Trinajstić information content (AvgIpc) is 2.38. The molecule has 21 heavy (non-hydrogen) atoms. The van der Waals surface area contributed by atoms with Gasteiger partial charge in [0.15, 0.2) is 0 Å². The molecule has 5 nitrogen and oxygen atoms in total. The minimum atomic E-state index is -1.16. The topological polar surface area (TPSA) is 66.5 Å². The lowest BCUT2D eigenvalue weighted by atomic mass is 9.78. The van der Waals surface area contributed by atoms with Crippen LogP contribution in [-0.4, -0.2) is 17.8 Å². The molecule has 0 spiro atoms. The zero-order valence-electron chi connectivity index (χ0n) is 12.8. The molecule has 1 saturated heterocycles. The Morgan fingerprint density at radius 3 is 2.00 bits per heavy atom. The van der Waals surface area contributed by atoms with Crippen LogP contribution in [0.2, 0.25) is 0 Å². The fourth-order valence-electron chi connectivity index (χ4n) is 2.86. The fourth-order valence-corrected chi connectivity index (χ4v) is 2.86. The van der Waals surface area contributed by atoms with Crippen molar-refractivity contribution in [3.05, 3.63) is 29.3 Å². The Morgan fingerprint density at radius 1 is 1.00 bits per heavy atom. The molecule has 0 aromatic heterocycles. The lowest BCUT2D eigenvalue weighted by molar-refractivity contribution is -0.143. The van der Waals surface area contributed by atoms with Gasteiger partial charge in [0.2, 0.25) is 5.91 Å². The molecule has 2 rings (SSSR count). The number of hydrogen-bond donors (Lipinski definition) is 1. The SMILES string of the molecule is CCC1(CC)C(=O)NC(=O)N(c2cc(C)cc(C)c2)C1=O. The lowest BCUT2D eigenvalue weighted by Crippen LogP contribution is -2.64. The number of rotatable bonds is 3. The van der Waals surface area contributed by atoms with Gasteiger partial charge in [-0.15, -0.1) is 0 Å². The van der Waals surface area contributed by atoms with Crippen molar-refractivity contribution in [2.75, 3.05) is 4.90 Å². The molecule has 1 aromatic carbocycles. The third-order valence-corrected chi connectivity index (χ3v) is 4.14. The third kappa shape index (κ3) is 2.33. The Hall–Kier alpha value is -2.17. The summed E-state index contributed by atoms with van der Waals surface area (Å²) < 4.78 is 0. The highest BCUT2D eigenvalue weighted by Crippen LogP contribution is 2.35. The van der Waals surface area contributed by atoms with E-state index in [0.29, 0.717) is 18.5 Å². The van der Waals surface area contributed by atoms with E-state index in [2.05, 4.69) is 5.32 Å². The minimum Gasteiger partial charge on any atom is -0.276 e. The van der Waals surface area contributed by atoms with Gasteiger partial charge in [-0.05, 0) is 49.9 Å². The number of anilines is 1. The summed E-state index contributed by atoms with van der Waals surface area (Å²) in [4.78, 5) is 38.2. The second kappa shape index (κ2) is 5.31. The van der Waals surface area contributed by atoms with Crippen molar-refractivity contribution in [1.29, 1.82) is 0 Å². The molecular weight excluding hydrogens is 268 g/mol. The van der Waals surface area contributed by atoms with E-state index in [1.807, 2.05) is 19.9 Å². The minimum absolute atomic E-state index is 0.364. The van der Waals surface area contributed by atoms with Crippen molar-refractivity contribution in [3.63, 3.8) is 0 Å². The molecule has 0 radical (unpaired) electrons. The Labute approximate surface area is 124 Å². The Morgan fingerprint density at radius 2 is 1.52 bits per heavy atom. The number of amides is 4. The van der Waals surface area contributed by atoms with Gasteiger partial charge in [0.1, 0.15) is 5.41 Å². The zero-order chi connectivity index (χ0) is 15.8. The second-order valence-corrected chi connectivity index (χ2v) is 5.53. The molecule has 5 heteroatoms. The maximum Gasteiger partial charge on any atom is 0.335 e. The largest absolute Gasteiger partial charge is 0.335 e. The van der Waals surface area contributed by atoms with Crippen LogP contribution in [0.4, 0.5) is 10.5 Å². The number of barbiturate groups is 1. The normalized spacial score (nSPS) is 17.9. The molecule has 0 saturated carbocycles. The van der Waals surface area contributed by atoms with Gasteiger partial charge in [-0.2, -0.15) is 0 Å². The molecule has 1 fully saturated rings. The van der Waals surface area contributed by atoms with Crippen LogP contribution in [0.1, 0.15) is 37.8 Å². The summed E-state index contributed by atoms with van der Waals surface area (Å²) in [7, 11) is 0. The number of carbonyl (C=O) groups excluding carboxylic acids is 3. The molecule has 0 bridgehead atoms. The molecule has 4 amide bonds. The van der Waals surface area contributed by atoms with Gasteiger partial charge in [0.25, 0.3) is 5.91 Å². The van der Waals surface area contributed by atoms with Crippen LogP contribution in [0.25, 0.3) is 0 Å². The molecule has 112 valence electrons. The Balaban J connectivity index is 2.54. The molecule has 0 atom stereocenters. The summed E-state index contributed by atoms with van der Waals surface area (Å²) in [5.41, 5.74) is 1.27. The van der Waals surface area contributed by atoms with E-state index >= 15 is 0 Å². The first-order valence-electron chi connectivity index (χ1n) is 7.14. The number of hydrogen-bond acceptors (Lipinski definition) is 3. The summed E-state index contributed by atoms with van der Waals surface area (Å²) in [6.07, 6.45) is 0.728. The zero-order valence-corrected chi connectivity index (χ0v) is 12.8. The second-order valence-electron chi connectivity index (χ2n) is 5.53. The highest BCUT2D eigenvalue weighted by atomic mass is 16.2. The predicted molar refractivity (Wildman–Crippen MR) is 80.0 cm³/mol. The molecule has 1 aliphatic rings. The van der Waals surface area contributed by atoms with Crippen LogP contribution in [0.15, 0.2) is 18.2 Å². The number of urea groups is 1. The average molecular weight is 288 g/mol. The summed E-state index contributed by atoms with van der Waals surface area (Å²) in [6.45, 7) is 7.38. The van der Waals surface area contributed by atoms with Gasteiger partial charge < -0.3 is 0 Å². The fraction of sp³-hybridized carbons (Fsp3) is 0.438. The number of nitrogens with zero attached hydrogens (tertiary/aromatic N) is 1. The van der Waals surface area contributed by atoms with Crippen LogP contribution >= 0.6 is 0 Å². The number of carbonyl (C=O) groups is 3. The molecule has 1 aromatic rings. The van der Waals surface area contributed by atoms with Gasteiger partial charge >= 0.3 is 6.03 Å². The third-order valence-electron chi connectivity index (χ3n) is 4.14. The summed E-state index contributed by atoms with van der Waals surface area (Å²) >= 11 is 0. The first-order chi connectivity index (χ1) is 9.85. The lowest BCUT2D eigenvalue weighted by Gasteiger charge is -2.38. The van der Waals surface area contributed by atoms with Gasteiger partial charge in [-0.1, -0.05) is 19.9 Å². The number of benzene rings is 1. The first-order valence-corrected chi connectivity index (χ1v) is 7.14. The van der Waals surface area contributed by atoms with Crippen LogP contribution in [0.5, 0.6) is 0 Å². The Kier molecular flexibility index (Phi) is 3.85. The van der Waals surface area contributed by atoms with Crippen molar-refractivity contribution in [3.8, 4) is 0 Å². The van der Waals surface area contributed by atoms with Gasteiger partial charge in [-0.25, -0.2) is 9.69 Å². The van der Waals surface area contributed by atoms with Crippen molar-refractivity contribution < 1.29 is 14.4 Å². The van der Waals surface area contributed by atoms with Crippen molar-refractivity contribution >= 4 is 23.5 Å². The number of nitrogens with one attached hydrogen (secondary N) is 1. The summed E-state index contributed by atoms with van der Waals surface area (Å²) in [6, 6.07) is 4.84. The van der Waals surface area contributed by atoms with Crippen molar-refractivity contribution in [2.45, 2.75) is 40.5 Å². The van der Waals surface area contributed by atoms with Crippen LogP contribution < -0.4 is 10.2 Å². The van der Waals surface area contributed by atoms with Gasteiger partial charge in [-0.3, -0.25) is 14.9 Å². The highest BCUT2D eigenvalue weighted by Gasteiger charge is 2.51. The van der Waals surface area contributed by atoms with Crippen LogP contribution in [0.3, 0.4) is 0 Å². The van der Waals surface area contributed by atoms with E-state index < -0.39 is 23.3 Å². The molecular formula is C16H20N2O3. The molecule has 0 unspecified atom stereocenters. The van der Waals surface area contributed by atoms with E-state index in [1.165, 1.54) is 0 Å². The maximum absolute atomic E-state index is 12.8. The molecule has 1 aliphatic heterocycles. The number of imide groups is 2. The van der Waals surface area contributed by atoms with Crippen molar-refractivity contribution in [2.24, 2.45) is 5.41 Å². The van der Waals surface area contributed by atoms with Crippen LogP contribution in [0, 0.1) is 19.3 Å². The van der Waals surface area contributed by atoms with Gasteiger partial charge in [0.05, 0.1) is 5.69 Å². The smallest absolute Gasteiger partial charge is 0.276 e. The van der Waals surface area contributed by atoms with E-state index in [-0.39, 0.29) is 0 Å². The first kappa shape index (κ1) is 15.2. The monoisotopic (exact) mass is 288 g/mol. The summed E-state index contributed by atoms with van der Waals surface area (Å²) in [5, 5.41) is 2.32. The quantitative estimate of drug-likeness (QED) is 0.870. The van der Waals surface area contributed by atoms with Gasteiger partial charge in [0, 0.05) is 0 Å². The highest BCUT2D eigenvalue weighted by molar-refractivity contribution is 6.29. The summed E-state index contributed by atoms with van der Waals surface area (Å²) in [5.74, 6) is -0.936. The van der Waals surface area contributed by atoms with E-state index in [1.54, 1.807) is 26.0 Å². The standard InChI is InChI=1S/C16H20N2O3/c1-5-16(6-2)13(19)17-15(21)18(14(16)20)12-8-10(3)7-11(4)9-12/h7-9H,5-6H2,1-4H3,(H,17,19,21). The molecule has 1 N–H and O–H groups in total. The Bertz CT molecular complexity index is 598. The van der Waals surface area contributed by atoms with Crippen molar-refractivity contribution in [1.82, 2.24) is 5.32 Å². The van der Waals surface area contributed by atoms with E-state index in [4.69, 9.17) is 0 Å². The maximum atomic E-state index is 12.8. The molecule has 1 heterocycles. The van der Waals surface area contributed by atoms with E-state index in [9.17, 15) is 14.4 Å².